The summed E-state index contributed by atoms with van der Waals surface area (Å²) < 4.78 is 6.10. The minimum atomic E-state index is 0.722. The number of nitrogens with zero attached hydrogens (tertiary/aromatic N) is 2. The second-order valence-corrected chi connectivity index (χ2v) is 1.94. The van der Waals surface area contributed by atoms with Gasteiger partial charge in [-0.1, -0.05) is 0 Å². The maximum absolute atomic E-state index is 5.47. The van der Waals surface area contributed by atoms with Gasteiger partial charge in [0.1, 0.15) is 5.76 Å². The Bertz CT molecular complexity index is 155. The second kappa shape index (κ2) is 2.73. The van der Waals surface area contributed by atoms with E-state index < -0.39 is 0 Å². The SMILES string of the molecule is COC1=CN(Cl)N=CC1. The zero-order chi connectivity index (χ0) is 6.69. The standard InChI is InChI=1S/C5H7ClN2O/c1-9-5-2-3-7-8(6)4-5/h3-4H,2H2,1H3. The number of ether oxygens (including phenoxy) is 1. The van der Waals surface area contributed by atoms with E-state index in [0.717, 1.165) is 12.2 Å². The zero-order valence-corrected chi connectivity index (χ0v) is 5.80. The van der Waals surface area contributed by atoms with E-state index in [-0.39, 0.29) is 0 Å². The van der Waals surface area contributed by atoms with Gasteiger partial charge in [0.15, 0.2) is 0 Å². The third-order valence-electron chi connectivity index (χ3n) is 0.997. The van der Waals surface area contributed by atoms with Crippen LogP contribution in [0.3, 0.4) is 0 Å². The summed E-state index contributed by atoms with van der Waals surface area (Å²) in [5.74, 6) is 0.819. The lowest BCUT2D eigenvalue weighted by atomic mass is 10.4. The van der Waals surface area contributed by atoms with Crippen LogP contribution in [0.4, 0.5) is 0 Å². The maximum Gasteiger partial charge on any atom is 0.120 e. The van der Waals surface area contributed by atoms with E-state index >= 15 is 0 Å². The fourth-order valence-electron chi connectivity index (χ4n) is 0.550. The molecule has 0 amide bonds. The lowest BCUT2D eigenvalue weighted by Crippen LogP contribution is -2.03. The molecule has 9 heavy (non-hydrogen) atoms. The van der Waals surface area contributed by atoms with Crippen LogP contribution in [-0.2, 0) is 4.74 Å². The van der Waals surface area contributed by atoms with Gasteiger partial charge >= 0.3 is 0 Å². The van der Waals surface area contributed by atoms with Crippen molar-refractivity contribution in [2.24, 2.45) is 5.10 Å². The highest BCUT2D eigenvalue weighted by atomic mass is 35.5. The van der Waals surface area contributed by atoms with E-state index in [2.05, 4.69) is 5.10 Å². The van der Waals surface area contributed by atoms with Crippen molar-refractivity contribution in [3.8, 4) is 0 Å². The largest absolute Gasteiger partial charge is 0.499 e. The Morgan fingerprint density at radius 1 is 1.89 bits per heavy atom. The predicted molar refractivity (Wildman–Crippen MR) is 35.9 cm³/mol. The number of hydrazone groups is 1. The number of rotatable bonds is 1. The molecule has 0 aromatic carbocycles. The number of hydrogen-bond acceptors (Lipinski definition) is 3. The Balaban J connectivity index is 2.55. The van der Waals surface area contributed by atoms with Gasteiger partial charge in [-0.05, 0) is 0 Å². The molecule has 0 saturated heterocycles. The highest BCUT2D eigenvalue weighted by Crippen LogP contribution is 2.09. The zero-order valence-electron chi connectivity index (χ0n) is 5.04. The number of methoxy groups -OCH3 is 1. The van der Waals surface area contributed by atoms with Crippen LogP contribution in [0, 0.1) is 0 Å². The van der Waals surface area contributed by atoms with Crippen LogP contribution in [0.1, 0.15) is 6.42 Å². The Morgan fingerprint density at radius 2 is 2.67 bits per heavy atom. The molecular formula is C5H7ClN2O. The van der Waals surface area contributed by atoms with Gasteiger partial charge in [0, 0.05) is 24.4 Å². The summed E-state index contributed by atoms with van der Waals surface area (Å²) in [6.07, 6.45) is 4.03. The van der Waals surface area contributed by atoms with E-state index in [0.29, 0.717) is 0 Å². The van der Waals surface area contributed by atoms with Crippen molar-refractivity contribution < 1.29 is 4.74 Å². The summed E-state index contributed by atoms with van der Waals surface area (Å²) in [4.78, 5) is 0. The molecule has 0 fully saturated rings. The third kappa shape index (κ3) is 1.61. The fraction of sp³-hybridized carbons (Fsp3) is 0.400. The number of allylic oxidation sites excluding steroid dienone is 1. The summed E-state index contributed by atoms with van der Waals surface area (Å²) in [7, 11) is 1.61. The molecule has 0 atom stereocenters. The van der Waals surface area contributed by atoms with Crippen molar-refractivity contribution in [3.63, 3.8) is 0 Å². The summed E-state index contributed by atoms with van der Waals surface area (Å²) in [5, 5.41) is 3.75. The molecule has 0 aliphatic carbocycles. The predicted octanol–water partition coefficient (Wildman–Crippen LogP) is 1.32. The first-order chi connectivity index (χ1) is 4.33. The van der Waals surface area contributed by atoms with Crippen molar-refractivity contribution in [1.82, 2.24) is 4.53 Å². The van der Waals surface area contributed by atoms with Gasteiger partial charge in [0.05, 0.1) is 13.3 Å². The minimum Gasteiger partial charge on any atom is -0.499 e. The molecule has 1 rings (SSSR count). The molecule has 0 bridgehead atoms. The maximum atomic E-state index is 5.47. The van der Waals surface area contributed by atoms with E-state index in [9.17, 15) is 0 Å². The van der Waals surface area contributed by atoms with Crippen molar-refractivity contribution in [3.05, 3.63) is 12.0 Å². The van der Waals surface area contributed by atoms with Crippen LogP contribution >= 0.6 is 11.8 Å². The van der Waals surface area contributed by atoms with E-state index in [1.165, 1.54) is 4.53 Å². The van der Waals surface area contributed by atoms with Gasteiger partial charge in [0.25, 0.3) is 0 Å². The van der Waals surface area contributed by atoms with Gasteiger partial charge in [-0.25, -0.2) is 0 Å². The molecule has 1 heterocycles. The molecule has 0 N–H and O–H groups in total. The van der Waals surface area contributed by atoms with Crippen LogP contribution in [0.2, 0.25) is 0 Å². The first-order valence-electron chi connectivity index (χ1n) is 2.55. The topological polar surface area (TPSA) is 24.8 Å². The average Bonchev–Trinajstić information content (AvgIpc) is 1.88. The summed E-state index contributed by atoms with van der Waals surface area (Å²) in [6, 6.07) is 0. The molecule has 0 unspecified atom stereocenters. The normalized spacial score (nSPS) is 17.6. The van der Waals surface area contributed by atoms with Gasteiger partial charge in [-0.3, -0.25) is 0 Å². The Labute approximate surface area is 58.7 Å². The lowest BCUT2D eigenvalue weighted by Gasteiger charge is -2.10. The first kappa shape index (κ1) is 6.42. The third-order valence-corrected chi connectivity index (χ3v) is 1.18. The highest BCUT2D eigenvalue weighted by molar-refractivity contribution is 6.14. The molecule has 0 spiro atoms. The highest BCUT2D eigenvalue weighted by Gasteiger charge is 2.01. The number of halogens is 1. The molecule has 0 aromatic rings. The second-order valence-electron chi connectivity index (χ2n) is 1.59. The van der Waals surface area contributed by atoms with Crippen LogP contribution in [-0.4, -0.2) is 17.9 Å². The summed E-state index contributed by atoms with van der Waals surface area (Å²) >= 11 is 5.47. The van der Waals surface area contributed by atoms with Crippen molar-refractivity contribution >= 4 is 18.0 Å². The smallest absolute Gasteiger partial charge is 0.120 e. The monoisotopic (exact) mass is 146 g/mol. The van der Waals surface area contributed by atoms with Crippen LogP contribution < -0.4 is 0 Å². The molecule has 1 aliphatic rings. The van der Waals surface area contributed by atoms with E-state index in [1.807, 2.05) is 0 Å². The molecule has 0 aromatic heterocycles. The van der Waals surface area contributed by atoms with Gasteiger partial charge in [0.2, 0.25) is 0 Å². The Hall–Kier alpha value is -0.700. The average molecular weight is 147 g/mol. The Morgan fingerprint density at radius 3 is 3.11 bits per heavy atom. The molecule has 0 saturated carbocycles. The minimum absolute atomic E-state index is 0.722. The van der Waals surface area contributed by atoms with Crippen LogP contribution in [0.15, 0.2) is 17.1 Å². The van der Waals surface area contributed by atoms with E-state index in [4.69, 9.17) is 16.5 Å². The summed E-state index contributed by atoms with van der Waals surface area (Å²) in [5.41, 5.74) is 0. The van der Waals surface area contributed by atoms with Gasteiger partial charge in [-0.15, -0.1) is 0 Å². The fourth-order valence-corrected chi connectivity index (χ4v) is 0.720. The molecule has 4 heteroatoms. The van der Waals surface area contributed by atoms with E-state index in [1.54, 1.807) is 19.5 Å². The molecule has 50 valence electrons. The molecule has 3 nitrogen and oxygen atoms in total. The molecular weight excluding hydrogens is 140 g/mol. The number of hydrogen-bond donors (Lipinski definition) is 0. The molecule has 0 radical (unpaired) electrons. The van der Waals surface area contributed by atoms with Crippen molar-refractivity contribution in [2.45, 2.75) is 6.42 Å². The van der Waals surface area contributed by atoms with Gasteiger partial charge < -0.3 is 4.74 Å². The van der Waals surface area contributed by atoms with Crippen molar-refractivity contribution in [2.75, 3.05) is 7.11 Å². The molecule has 1 aliphatic heterocycles. The Kier molecular flexibility index (Phi) is 1.95. The quantitative estimate of drug-likeness (QED) is 0.522. The van der Waals surface area contributed by atoms with Gasteiger partial charge in [-0.2, -0.15) is 9.63 Å². The lowest BCUT2D eigenvalue weighted by molar-refractivity contribution is 0.277. The van der Waals surface area contributed by atoms with Crippen LogP contribution in [0.5, 0.6) is 0 Å². The van der Waals surface area contributed by atoms with Crippen LogP contribution in [0.25, 0.3) is 0 Å². The summed E-state index contributed by atoms with van der Waals surface area (Å²) in [6.45, 7) is 0. The first-order valence-corrected chi connectivity index (χ1v) is 2.89. The van der Waals surface area contributed by atoms with Crippen molar-refractivity contribution in [1.29, 1.82) is 0 Å².